The predicted molar refractivity (Wildman–Crippen MR) is 120 cm³/mol. The molecule has 29 heavy (non-hydrogen) atoms. The molecule has 1 aromatic heterocycles. The van der Waals surface area contributed by atoms with Crippen molar-refractivity contribution in [2.45, 2.75) is 38.5 Å². The molecular weight excluding hydrogens is 354 g/mol. The second-order valence-electron chi connectivity index (χ2n) is 8.80. The Bertz CT molecular complexity index is 1300. The molecule has 0 unspecified atom stereocenters. The molecule has 0 atom stereocenters. The summed E-state index contributed by atoms with van der Waals surface area (Å²) in [7, 11) is 4.34. The van der Waals surface area contributed by atoms with Crippen molar-refractivity contribution in [2.75, 3.05) is 11.9 Å². The van der Waals surface area contributed by atoms with E-state index in [-0.39, 0.29) is 0 Å². The summed E-state index contributed by atoms with van der Waals surface area (Å²) in [5.74, 6) is 0.683. The second-order valence-corrected chi connectivity index (χ2v) is 8.80. The molecule has 0 bridgehead atoms. The van der Waals surface area contributed by atoms with Crippen LogP contribution >= 0.6 is 0 Å². The van der Waals surface area contributed by atoms with Crippen LogP contribution in [0, 0.1) is 6.92 Å². The van der Waals surface area contributed by atoms with Gasteiger partial charge >= 0.3 is 0 Å². The lowest BCUT2D eigenvalue weighted by Crippen LogP contribution is -2.34. The Labute approximate surface area is 171 Å². The fourth-order valence-electron chi connectivity index (χ4n) is 5.62. The molecule has 0 saturated heterocycles. The van der Waals surface area contributed by atoms with E-state index in [1.165, 1.54) is 75.6 Å². The van der Waals surface area contributed by atoms with Gasteiger partial charge in [-0.25, -0.2) is 4.57 Å². The Kier molecular flexibility index (Phi) is 3.53. The first kappa shape index (κ1) is 17.0. The fourth-order valence-corrected chi connectivity index (χ4v) is 5.62. The van der Waals surface area contributed by atoms with Gasteiger partial charge < -0.3 is 4.90 Å². The minimum absolute atomic E-state index is 0.683. The smallest absolute Gasteiger partial charge is 0.287 e. The van der Waals surface area contributed by atoms with E-state index >= 15 is 0 Å². The third-order valence-corrected chi connectivity index (χ3v) is 7.15. The maximum Gasteiger partial charge on any atom is 0.287 e. The lowest BCUT2D eigenvalue weighted by molar-refractivity contribution is -0.662. The Morgan fingerprint density at radius 3 is 2.66 bits per heavy atom. The van der Waals surface area contributed by atoms with Crippen molar-refractivity contribution in [2.24, 2.45) is 7.05 Å². The largest absolute Gasteiger partial charge is 0.343 e. The number of benzene rings is 3. The summed E-state index contributed by atoms with van der Waals surface area (Å²) >= 11 is 0. The van der Waals surface area contributed by atoms with E-state index < -0.39 is 0 Å². The van der Waals surface area contributed by atoms with Crippen LogP contribution in [0.5, 0.6) is 0 Å². The number of hydrogen-bond donors (Lipinski definition) is 0. The molecule has 0 spiro atoms. The van der Waals surface area contributed by atoms with Gasteiger partial charge in [-0.3, -0.25) is 0 Å². The molecule has 1 aliphatic heterocycles. The minimum atomic E-state index is 0.683. The average Bonchev–Trinajstić information content (AvgIpc) is 3.28. The lowest BCUT2D eigenvalue weighted by Gasteiger charge is -2.31. The van der Waals surface area contributed by atoms with E-state index in [0.29, 0.717) is 5.92 Å². The molecule has 2 aliphatic rings. The van der Waals surface area contributed by atoms with Gasteiger partial charge in [0.15, 0.2) is 5.52 Å². The van der Waals surface area contributed by atoms with Crippen molar-refractivity contribution >= 4 is 33.1 Å². The molecule has 1 fully saturated rings. The van der Waals surface area contributed by atoms with Gasteiger partial charge in [-0.2, -0.15) is 0 Å². The topological polar surface area (TPSA) is 20.0 Å². The molecule has 4 aromatic rings. The number of fused-ring (bicyclic) bond motifs is 3. The van der Waals surface area contributed by atoms with Crippen molar-refractivity contribution in [3.63, 3.8) is 0 Å². The van der Waals surface area contributed by atoms with E-state index in [4.69, 9.17) is 4.98 Å². The van der Waals surface area contributed by atoms with Gasteiger partial charge in [0.2, 0.25) is 0 Å². The van der Waals surface area contributed by atoms with Crippen molar-refractivity contribution in [1.29, 1.82) is 0 Å². The minimum Gasteiger partial charge on any atom is -0.343 e. The highest BCUT2D eigenvalue weighted by Crippen LogP contribution is 2.49. The fraction of sp³-hybridized carbons (Fsp3) is 0.308. The van der Waals surface area contributed by atoms with Crippen LogP contribution < -0.4 is 9.47 Å². The lowest BCUT2D eigenvalue weighted by atomic mass is 9.88. The van der Waals surface area contributed by atoms with Crippen molar-refractivity contribution in [3.8, 4) is 11.3 Å². The van der Waals surface area contributed by atoms with Gasteiger partial charge in [-0.15, -0.1) is 0 Å². The zero-order valence-corrected chi connectivity index (χ0v) is 17.4. The zero-order valence-electron chi connectivity index (χ0n) is 17.4. The van der Waals surface area contributed by atoms with Crippen molar-refractivity contribution in [1.82, 2.24) is 4.98 Å². The monoisotopic (exact) mass is 380 g/mol. The Hall–Kier alpha value is -2.94. The van der Waals surface area contributed by atoms with Gasteiger partial charge in [-0.1, -0.05) is 37.1 Å². The molecule has 1 saturated carbocycles. The van der Waals surface area contributed by atoms with Gasteiger partial charge in [-0.05, 0) is 70.8 Å². The van der Waals surface area contributed by atoms with E-state index in [0.717, 1.165) is 5.52 Å². The number of aryl methyl sites for hydroxylation is 2. The van der Waals surface area contributed by atoms with Crippen LogP contribution in [0.25, 0.3) is 32.9 Å². The summed E-state index contributed by atoms with van der Waals surface area (Å²) < 4.78 is 2.20. The summed E-state index contributed by atoms with van der Waals surface area (Å²) in [5.41, 5.74) is 9.15. The maximum absolute atomic E-state index is 4.85. The van der Waals surface area contributed by atoms with Crippen LogP contribution in [0.1, 0.15) is 42.7 Å². The second kappa shape index (κ2) is 6.03. The summed E-state index contributed by atoms with van der Waals surface area (Å²) in [6.07, 6.45) is 7.31. The standard InChI is InChI=1S/C26H26N3/c1-16-20-11-7-6-10-18(20)13-22-24(16)26-25-21(27-15-28(26)2)12-19(14-23(25)29(22)3)17-8-4-5-9-17/h6-7,10-15,17H,4-5,8-9H2,1-3H3/q+1. The summed E-state index contributed by atoms with van der Waals surface area (Å²) in [6, 6.07) is 15.9. The summed E-state index contributed by atoms with van der Waals surface area (Å²) in [4.78, 5) is 7.24. The Morgan fingerprint density at radius 1 is 1.03 bits per heavy atom. The number of anilines is 2. The highest BCUT2D eigenvalue weighted by atomic mass is 15.1. The molecule has 3 heteroatoms. The number of hydrogen-bond acceptors (Lipinski definition) is 2. The van der Waals surface area contributed by atoms with Crippen LogP contribution in [0.3, 0.4) is 0 Å². The molecule has 0 radical (unpaired) electrons. The zero-order chi connectivity index (χ0) is 19.7. The molecule has 2 heterocycles. The van der Waals surface area contributed by atoms with Crippen molar-refractivity contribution < 1.29 is 4.57 Å². The molecule has 0 amide bonds. The highest BCUT2D eigenvalue weighted by Gasteiger charge is 2.32. The van der Waals surface area contributed by atoms with Crippen molar-refractivity contribution in [3.05, 3.63) is 59.9 Å². The normalized spacial score (nSPS) is 16.0. The molecule has 3 aromatic carbocycles. The first-order valence-electron chi connectivity index (χ1n) is 10.7. The maximum atomic E-state index is 4.85. The highest BCUT2D eigenvalue weighted by molar-refractivity contribution is 6.12. The average molecular weight is 381 g/mol. The summed E-state index contributed by atoms with van der Waals surface area (Å²) in [5, 5.41) is 3.92. The molecular formula is C26H26N3+. The van der Waals surface area contributed by atoms with Gasteiger partial charge in [0.25, 0.3) is 6.33 Å². The molecule has 144 valence electrons. The number of aromatic nitrogens is 2. The quantitative estimate of drug-likeness (QED) is 0.382. The SMILES string of the molecule is Cc1c2c(cc3ccccc13)N(C)c1cc(C3CCCC3)cc3nc[n+](C)c-2c13. The molecule has 3 nitrogen and oxygen atoms in total. The van der Waals surface area contributed by atoms with E-state index in [2.05, 4.69) is 73.0 Å². The van der Waals surface area contributed by atoms with Gasteiger partial charge in [0.05, 0.1) is 23.8 Å². The summed E-state index contributed by atoms with van der Waals surface area (Å²) in [6.45, 7) is 2.26. The Balaban J connectivity index is 1.73. The van der Waals surface area contributed by atoms with Crippen LogP contribution in [-0.4, -0.2) is 12.0 Å². The van der Waals surface area contributed by atoms with Gasteiger partial charge in [0, 0.05) is 12.6 Å². The van der Waals surface area contributed by atoms with Crippen LogP contribution in [0.4, 0.5) is 11.4 Å². The first-order valence-corrected chi connectivity index (χ1v) is 10.7. The van der Waals surface area contributed by atoms with Crippen LogP contribution in [-0.2, 0) is 7.05 Å². The predicted octanol–water partition coefficient (Wildman–Crippen LogP) is 5.93. The third-order valence-electron chi connectivity index (χ3n) is 7.15. The third kappa shape index (κ3) is 2.30. The van der Waals surface area contributed by atoms with Crippen LogP contribution in [0.2, 0.25) is 0 Å². The Morgan fingerprint density at radius 2 is 1.83 bits per heavy atom. The van der Waals surface area contributed by atoms with Gasteiger partial charge in [0.1, 0.15) is 5.69 Å². The van der Waals surface area contributed by atoms with E-state index in [1.54, 1.807) is 0 Å². The molecule has 1 aliphatic carbocycles. The van der Waals surface area contributed by atoms with Crippen LogP contribution in [0.15, 0.2) is 48.8 Å². The molecule has 6 rings (SSSR count). The van der Waals surface area contributed by atoms with E-state index in [1.807, 2.05) is 6.33 Å². The first-order chi connectivity index (χ1) is 14.1. The van der Waals surface area contributed by atoms with E-state index in [9.17, 15) is 0 Å². The molecule has 0 N–H and O–H groups in total. The number of rotatable bonds is 1. The number of nitrogens with zero attached hydrogens (tertiary/aromatic N) is 3.